The Hall–Kier alpha value is -0.0800. The van der Waals surface area contributed by atoms with Crippen LogP contribution in [0.2, 0.25) is 0 Å². The third kappa shape index (κ3) is 4.26. The molecule has 1 saturated heterocycles. The molecular weight excluding hydrogens is 210 g/mol. The topological polar surface area (TPSA) is 21.3 Å². The van der Waals surface area contributed by atoms with Crippen LogP contribution in [0.15, 0.2) is 0 Å². The summed E-state index contributed by atoms with van der Waals surface area (Å²) in [5, 5.41) is 3.66. The van der Waals surface area contributed by atoms with E-state index in [4.69, 9.17) is 4.74 Å². The standard InChI is InChI=1S/C15H29NO/c1-2-15-14(9-11-17-15)12-16-10-8-13-6-4-3-5-7-13/h13-16H,2-12H2,1H3. The summed E-state index contributed by atoms with van der Waals surface area (Å²) in [6.07, 6.45) is 11.7. The number of ether oxygens (including phenoxy) is 1. The Morgan fingerprint density at radius 1 is 1.12 bits per heavy atom. The van der Waals surface area contributed by atoms with E-state index in [2.05, 4.69) is 12.2 Å². The van der Waals surface area contributed by atoms with Crippen molar-refractivity contribution in [1.82, 2.24) is 5.32 Å². The van der Waals surface area contributed by atoms with Crippen LogP contribution in [0.1, 0.15) is 58.3 Å². The maximum atomic E-state index is 5.72. The van der Waals surface area contributed by atoms with Gasteiger partial charge < -0.3 is 10.1 Å². The van der Waals surface area contributed by atoms with Gasteiger partial charge >= 0.3 is 0 Å². The lowest BCUT2D eigenvalue weighted by molar-refractivity contribution is 0.0872. The van der Waals surface area contributed by atoms with E-state index < -0.39 is 0 Å². The van der Waals surface area contributed by atoms with E-state index in [1.54, 1.807) is 0 Å². The zero-order chi connectivity index (χ0) is 11.9. The van der Waals surface area contributed by atoms with Crippen LogP contribution in [0, 0.1) is 11.8 Å². The van der Waals surface area contributed by atoms with Crippen LogP contribution in [-0.2, 0) is 4.74 Å². The SMILES string of the molecule is CCC1OCCC1CNCCC1CCCCC1. The Morgan fingerprint density at radius 2 is 1.94 bits per heavy atom. The Balaban J connectivity index is 1.53. The molecule has 0 radical (unpaired) electrons. The second-order valence-corrected chi connectivity index (χ2v) is 5.86. The number of hydrogen-bond donors (Lipinski definition) is 1. The normalized spacial score (nSPS) is 30.9. The summed E-state index contributed by atoms with van der Waals surface area (Å²) in [6, 6.07) is 0. The van der Waals surface area contributed by atoms with Gasteiger partial charge in [-0.1, -0.05) is 39.0 Å². The van der Waals surface area contributed by atoms with Crippen LogP contribution in [-0.4, -0.2) is 25.8 Å². The van der Waals surface area contributed by atoms with Crippen molar-refractivity contribution in [2.45, 2.75) is 64.4 Å². The summed E-state index contributed by atoms with van der Waals surface area (Å²) >= 11 is 0. The number of hydrogen-bond acceptors (Lipinski definition) is 2. The van der Waals surface area contributed by atoms with E-state index in [1.165, 1.54) is 64.5 Å². The maximum absolute atomic E-state index is 5.72. The molecule has 2 aliphatic rings. The van der Waals surface area contributed by atoms with E-state index in [0.717, 1.165) is 18.4 Å². The average molecular weight is 239 g/mol. The number of nitrogens with one attached hydrogen (secondary N) is 1. The van der Waals surface area contributed by atoms with E-state index in [9.17, 15) is 0 Å². The quantitative estimate of drug-likeness (QED) is 0.718. The van der Waals surface area contributed by atoms with E-state index in [1.807, 2.05) is 0 Å². The predicted molar refractivity (Wildman–Crippen MR) is 72.2 cm³/mol. The fourth-order valence-electron chi connectivity index (χ4n) is 3.45. The lowest BCUT2D eigenvalue weighted by Crippen LogP contribution is -2.29. The third-order valence-corrected chi connectivity index (χ3v) is 4.61. The first-order valence-corrected chi connectivity index (χ1v) is 7.72. The predicted octanol–water partition coefficient (Wildman–Crippen LogP) is 3.36. The first-order valence-electron chi connectivity index (χ1n) is 7.72. The van der Waals surface area contributed by atoms with Gasteiger partial charge in [-0.05, 0) is 37.6 Å². The zero-order valence-electron chi connectivity index (χ0n) is 11.4. The highest BCUT2D eigenvalue weighted by molar-refractivity contribution is 4.77. The van der Waals surface area contributed by atoms with Gasteiger partial charge in [0.15, 0.2) is 0 Å². The van der Waals surface area contributed by atoms with Crippen LogP contribution < -0.4 is 5.32 Å². The molecule has 2 unspecified atom stereocenters. The summed E-state index contributed by atoms with van der Waals surface area (Å²) in [5.41, 5.74) is 0. The molecule has 0 amide bonds. The minimum absolute atomic E-state index is 0.525. The highest BCUT2D eigenvalue weighted by Gasteiger charge is 2.26. The molecule has 100 valence electrons. The molecule has 1 saturated carbocycles. The Kier molecular flexibility index (Phi) is 5.79. The van der Waals surface area contributed by atoms with E-state index in [-0.39, 0.29) is 0 Å². The first-order chi connectivity index (χ1) is 8.40. The second-order valence-electron chi connectivity index (χ2n) is 5.86. The smallest absolute Gasteiger partial charge is 0.0613 e. The van der Waals surface area contributed by atoms with Crippen molar-refractivity contribution < 1.29 is 4.74 Å². The van der Waals surface area contributed by atoms with Crippen molar-refractivity contribution in [3.05, 3.63) is 0 Å². The van der Waals surface area contributed by atoms with Crippen molar-refractivity contribution in [2.24, 2.45) is 11.8 Å². The Bertz CT molecular complexity index is 201. The number of rotatable bonds is 6. The summed E-state index contributed by atoms with van der Waals surface area (Å²) in [4.78, 5) is 0. The zero-order valence-corrected chi connectivity index (χ0v) is 11.4. The van der Waals surface area contributed by atoms with E-state index >= 15 is 0 Å². The van der Waals surface area contributed by atoms with Crippen LogP contribution in [0.5, 0.6) is 0 Å². The molecule has 2 fully saturated rings. The van der Waals surface area contributed by atoms with Crippen LogP contribution in [0.4, 0.5) is 0 Å². The van der Waals surface area contributed by atoms with Crippen LogP contribution in [0.3, 0.4) is 0 Å². The van der Waals surface area contributed by atoms with Gasteiger partial charge in [0.1, 0.15) is 0 Å². The Morgan fingerprint density at radius 3 is 2.71 bits per heavy atom. The van der Waals surface area contributed by atoms with Gasteiger partial charge in [0.2, 0.25) is 0 Å². The highest BCUT2D eigenvalue weighted by atomic mass is 16.5. The van der Waals surface area contributed by atoms with Crippen LogP contribution in [0.25, 0.3) is 0 Å². The van der Waals surface area contributed by atoms with Gasteiger partial charge in [0.05, 0.1) is 6.10 Å². The van der Waals surface area contributed by atoms with E-state index in [0.29, 0.717) is 6.10 Å². The van der Waals surface area contributed by atoms with Crippen molar-refractivity contribution in [1.29, 1.82) is 0 Å². The molecule has 2 nitrogen and oxygen atoms in total. The monoisotopic (exact) mass is 239 g/mol. The second kappa shape index (κ2) is 7.38. The molecule has 0 aromatic heterocycles. The lowest BCUT2D eigenvalue weighted by Gasteiger charge is -2.22. The Labute approximate surface area is 107 Å². The van der Waals surface area contributed by atoms with Gasteiger partial charge in [-0.25, -0.2) is 0 Å². The molecule has 1 aliphatic carbocycles. The van der Waals surface area contributed by atoms with Gasteiger partial charge in [0.25, 0.3) is 0 Å². The molecule has 17 heavy (non-hydrogen) atoms. The van der Waals surface area contributed by atoms with Gasteiger partial charge in [-0.2, -0.15) is 0 Å². The molecule has 2 heteroatoms. The summed E-state index contributed by atoms with van der Waals surface area (Å²) in [6.45, 7) is 5.61. The summed E-state index contributed by atoms with van der Waals surface area (Å²) in [7, 11) is 0. The fourth-order valence-corrected chi connectivity index (χ4v) is 3.45. The minimum Gasteiger partial charge on any atom is -0.378 e. The average Bonchev–Trinajstić information content (AvgIpc) is 2.83. The first kappa shape index (κ1) is 13.4. The maximum Gasteiger partial charge on any atom is 0.0613 e. The molecule has 2 atom stereocenters. The van der Waals surface area contributed by atoms with Crippen molar-refractivity contribution in [2.75, 3.05) is 19.7 Å². The summed E-state index contributed by atoms with van der Waals surface area (Å²) in [5.74, 6) is 1.78. The molecule has 0 bridgehead atoms. The van der Waals surface area contributed by atoms with Crippen molar-refractivity contribution in [3.63, 3.8) is 0 Å². The molecule has 2 rings (SSSR count). The lowest BCUT2D eigenvalue weighted by atomic mass is 9.87. The minimum atomic E-state index is 0.525. The molecule has 0 aromatic carbocycles. The molecule has 0 spiro atoms. The van der Waals surface area contributed by atoms with Gasteiger partial charge in [-0.15, -0.1) is 0 Å². The molecular formula is C15H29NO. The third-order valence-electron chi connectivity index (χ3n) is 4.61. The highest BCUT2D eigenvalue weighted by Crippen LogP contribution is 2.26. The molecule has 1 heterocycles. The van der Waals surface area contributed by atoms with Crippen molar-refractivity contribution >= 4 is 0 Å². The van der Waals surface area contributed by atoms with Crippen molar-refractivity contribution in [3.8, 4) is 0 Å². The molecule has 1 aliphatic heterocycles. The van der Waals surface area contributed by atoms with Crippen LogP contribution >= 0.6 is 0 Å². The molecule has 0 aromatic rings. The summed E-state index contributed by atoms with van der Waals surface area (Å²) < 4.78 is 5.72. The fraction of sp³-hybridized carbons (Fsp3) is 1.00. The van der Waals surface area contributed by atoms with Gasteiger partial charge in [-0.3, -0.25) is 0 Å². The van der Waals surface area contributed by atoms with Gasteiger partial charge in [0, 0.05) is 13.2 Å². The largest absolute Gasteiger partial charge is 0.378 e. The molecule has 1 N–H and O–H groups in total.